The molecule has 1 heterocycles. The molecular formula is C11H15ClFN3. The van der Waals surface area contributed by atoms with Gasteiger partial charge in [0.1, 0.15) is 11.6 Å². The lowest BCUT2D eigenvalue weighted by Crippen LogP contribution is -2.02. The van der Waals surface area contributed by atoms with Gasteiger partial charge in [-0.2, -0.15) is 0 Å². The summed E-state index contributed by atoms with van der Waals surface area (Å²) in [6.07, 6.45) is 2.39. The van der Waals surface area contributed by atoms with Gasteiger partial charge >= 0.3 is 0 Å². The molecule has 0 saturated carbocycles. The first-order chi connectivity index (χ1) is 7.45. The van der Waals surface area contributed by atoms with Gasteiger partial charge < -0.3 is 5.73 Å². The van der Waals surface area contributed by atoms with Crippen molar-refractivity contribution in [3.05, 3.63) is 22.6 Å². The van der Waals surface area contributed by atoms with E-state index in [4.69, 9.17) is 17.3 Å². The number of anilines is 1. The predicted octanol–water partition coefficient (Wildman–Crippen LogP) is 3.38. The maximum absolute atomic E-state index is 13.9. The van der Waals surface area contributed by atoms with Gasteiger partial charge in [-0.15, -0.1) is 0 Å². The third-order valence-electron chi connectivity index (χ3n) is 2.40. The highest BCUT2D eigenvalue weighted by atomic mass is 35.5. The summed E-state index contributed by atoms with van der Waals surface area (Å²) in [5.74, 6) is -0.162. The standard InChI is InChI=1S/C11H15ClFN3/c1-4-6(2)5-8(13)9-7(3)15-11(12)16-10(9)14/h5-6H,4H2,1-3H3,(H2,14,15,16)/b8-5+. The summed E-state index contributed by atoms with van der Waals surface area (Å²) in [4.78, 5) is 7.62. The van der Waals surface area contributed by atoms with Crippen LogP contribution in [0.2, 0.25) is 5.28 Å². The van der Waals surface area contributed by atoms with Gasteiger partial charge in [-0.25, -0.2) is 14.4 Å². The molecule has 0 aliphatic carbocycles. The van der Waals surface area contributed by atoms with Gasteiger partial charge in [-0.3, -0.25) is 0 Å². The highest BCUT2D eigenvalue weighted by Crippen LogP contribution is 2.26. The van der Waals surface area contributed by atoms with Crippen LogP contribution >= 0.6 is 11.6 Å². The Bertz CT molecular complexity index is 395. The van der Waals surface area contributed by atoms with Gasteiger partial charge in [0, 0.05) is 0 Å². The normalized spacial score (nSPS) is 13.9. The molecule has 0 radical (unpaired) electrons. The van der Waals surface area contributed by atoms with E-state index >= 15 is 0 Å². The molecule has 88 valence electrons. The molecule has 0 saturated heterocycles. The van der Waals surface area contributed by atoms with Crippen LogP contribution in [-0.2, 0) is 0 Å². The van der Waals surface area contributed by atoms with E-state index in [1.165, 1.54) is 6.08 Å². The summed E-state index contributed by atoms with van der Waals surface area (Å²) < 4.78 is 13.9. The first kappa shape index (κ1) is 12.9. The maximum Gasteiger partial charge on any atom is 0.224 e. The Morgan fingerprint density at radius 2 is 2.19 bits per heavy atom. The fourth-order valence-corrected chi connectivity index (χ4v) is 1.52. The second-order valence-electron chi connectivity index (χ2n) is 3.74. The minimum atomic E-state index is -0.388. The average Bonchev–Trinajstić information content (AvgIpc) is 2.15. The van der Waals surface area contributed by atoms with Crippen molar-refractivity contribution < 1.29 is 4.39 Å². The van der Waals surface area contributed by atoms with Gasteiger partial charge in [0.2, 0.25) is 5.28 Å². The Morgan fingerprint density at radius 1 is 1.56 bits per heavy atom. The first-order valence-electron chi connectivity index (χ1n) is 5.13. The molecule has 0 bridgehead atoms. The number of aryl methyl sites for hydroxylation is 1. The van der Waals surface area contributed by atoms with Gasteiger partial charge in [0.15, 0.2) is 0 Å². The van der Waals surface area contributed by atoms with Gasteiger partial charge in [0.25, 0.3) is 0 Å². The number of aromatic nitrogens is 2. The molecule has 16 heavy (non-hydrogen) atoms. The lowest BCUT2D eigenvalue weighted by Gasteiger charge is -2.08. The summed E-state index contributed by atoms with van der Waals surface area (Å²) in [6, 6.07) is 0. The van der Waals surface area contributed by atoms with Gasteiger partial charge in [-0.05, 0) is 36.9 Å². The van der Waals surface area contributed by atoms with Crippen molar-refractivity contribution in [1.29, 1.82) is 0 Å². The Morgan fingerprint density at radius 3 is 2.69 bits per heavy atom. The third kappa shape index (κ3) is 2.92. The second kappa shape index (κ2) is 5.25. The largest absolute Gasteiger partial charge is 0.383 e. The van der Waals surface area contributed by atoms with Crippen LogP contribution in [0.4, 0.5) is 10.2 Å². The van der Waals surface area contributed by atoms with E-state index in [0.717, 1.165) is 6.42 Å². The quantitative estimate of drug-likeness (QED) is 0.828. The molecule has 1 unspecified atom stereocenters. The Labute approximate surface area is 99.5 Å². The molecule has 1 aromatic heterocycles. The van der Waals surface area contributed by atoms with E-state index in [1.54, 1.807) is 6.92 Å². The lowest BCUT2D eigenvalue weighted by molar-refractivity contribution is 0.672. The van der Waals surface area contributed by atoms with Crippen LogP contribution in [0.1, 0.15) is 31.5 Å². The van der Waals surface area contributed by atoms with E-state index in [9.17, 15) is 4.39 Å². The molecule has 5 heteroatoms. The highest BCUT2D eigenvalue weighted by molar-refractivity contribution is 6.28. The van der Waals surface area contributed by atoms with Crippen molar-refractivity contribution in [2.45, 2.75) is 27.2 Å². The molecule has 2 N–H and O–H groups in total. The molecule has 3 nitrogen and oxygen atoms in total. The molecule has 1 rings (SSSR count). The zero-order valence-corrected chi connectivity index (χ0v) is 10.3. The van der Waals surface area contributed by atoms with Gasteiger partial charge in [0.05, 0.1) is 11.3 Å². The number of rotatable bonds is 3. The van der Waals surface area contributed by atoms with Crippen molar-refractivity contribution >= 4 is 23.2 Å². The fraction of sp³-hybridized carbons (Fsp3) is 0.455. The number of hydrogen-bond acceptors (Lipinski definition) is 3. The monoisotopic (exact) mass is 243 g/mol. The fourth-order valence-electron chi connectivity index (χ4n) is 1.31. The summed E-state index contributed by atoms with van der Waals surface area (Å²) in [6.45, 7) is 5.58. The van der Waals surface area contributed by atoms with Crippen LogP contribution in [0.5, 0.6) is 0 Å². The Kier molecular flexibility index (Phi) is 4.24. The smallest absolute Gasteiger partial charge is 0.224 e. The molecule has 0 fully saturated rings. The second-order valence-corrected chi connectivity index (χ2v) is 4.08. The maximum atomic E-state index is 13.9. The Hall–Kier alpha value is -1.16. The molecule has 0 amide bonds. The molecule has 1 atom stereocenters. The zero-order chi connectivity index (χ0) is 12.3. The molecule has 0 aromatic carbocycles. The molecular weight excluding hydrogens is 229 g/mol. The minimum Gasteiger partial charge on any atom is -0.383 e. The zero-order valence-electron chi connectivity index (χ0n) is 9.59. The summed E-state index contributed by atoms with van der Waals surface area (Å²) >= 11 is 5.62. The summed E-state index contributed by atoms with van der Waals surface area (Å²) in [7, 11) is 0. The van der Waals surface area contributed by atoms with E-state index < -0.39 is 0 Å². The van der Waals surface area contributed by atoms with E-state index in [1.807, 2.05) is 13.8 Å². The van der Waals surface area contributed by atoms with Crippen molar-refractivity contribution in [3.8, 4) is 0 Å². The SMILES string of the molecule is CCC(C)/C=C(/F)c1c(C)nc(Cl)nc1N. The number of hydrogen-bond donors (Lipinski definition) is 1. The Balaban J connectivity index is 3.18. The van der Waals surface area contributed by atoms with Crippen molar-refractivity contribution in [2.24, 2.45) is 5.92 Å². The van der Waals surface area contributed by atoms with Crippen LogP contribution in [0, 0.1) is 12.8 Å². The van der Waals surface area contributed by atoms with Crippen molar-refractivity contribution in [2.75, 3.05) is 5.73 Å². The topological polar surface area (TPSA) is 51.8 Å². The summed E-state index contributed by atoms with van der Waals surface area (Å²) in [5, 5.41) is 0.0371. The predicted molar refractivity (Wildman–Crippen MR) is 64.7 cm³/mol. The number of nitrogens with zero attached hydrogens (tertiary/aromatic N) is 2. The molecule has 0 spiro atoms. The third-order valence-corrected chi connectivity index (χ3v) is 2.57. The number of halogens is 2. The number of nitrogens with two attached hydrogens (primary N) is 1. The molecule has 1 aromatic rings. The van der Waals surface area contributed by atoms with Crippen LogP contribution < -0.4 is 5.73 Å². The van der Waals surface area contributed by atoms with E-state index in [0.29, 0.717) is 5.69 Å². The first-order valence-corrected chi connectivity index (χ1v) is 5.50. The number of nitrogen functional groups attached to an aromatic ring is 1. The van der Waals surface area contributed by atoms with Crippen LogP contribution in [0.3, 0.4) is 0 Å². The minimum absolute atomic E-state index is 0.0371. The molecule has 0 aliphatic heterocycles. The van der Waals surface area contributed by atoms with Gasteiger partial charge in [-0.1, -0.05) is 13.8 Å². The van der Waals surface area contributed by atoms with E-state index in [-0.39, 0.29) is 28.4 Å². The lowest BCUT2D eigenvalue weighted by atomic mass is 10.1. The molecule has 0 aliphatic rings. The number of allylic oxidation sites excluding steroid dienone is 1. The van der Waals surface area contributed by atoms with Crippen molar-refractivity contribution in [3.63, 3.8) is 0 Å². The van der Waals surface area contributed by atoms with E-state index in [2.05, 4.69) is 9.97 Å². The van der Waals surface area contributed by atoms with Crippen molar-refractivity contribution in [1.82, 2.24) is 9.97 Å². The van der Waals surface area contributed by atoms with Crippen LogP contribution in [0.15, 0.2) is 6.08 Å². The van der Waals surface area contributed by atoms with Crippen LogP contribution in [-0.4, -0.2) is 9.97 Å². The van der Waals surface area contributed by atoms with Crippen LogP contribution in [0.25, 0.3) is 5.83 Å². The highest BCUT2D eigenvalue weighted by Gasteiger charge is 2.13. The summed E-state index contributed by atoms with van der Waals surface area (Å²) in [5.41, 5.74) is 6.32. The average molecular weight is 244 g/mol.